The predicted octanol–water partition coefficient (Wildman–Crippen LogP) is 3.97. The summed E-state index contributed by atoms with van der Waals surface area (Å²) < 4.78 is 18.4. The predicted molar refractivity (Wildman–Crippen MR) is 131 cm³/mol. The van der Waals surface area contributed by atoms with Crippen molar-refractivity contribution in [3.63, 3.8) is 0 Å². The van der Waals surface area contributed by atoms with Gasteiger partial charge in [0.15, 0.2) is 0 Å². The molecule has 2 heterocycles. The van der Waals surface area contributed by atoms with Gasteiger partial charge in [-0.25, -0.2) is 0 Å². The highest BCUT2D eigenvalue weighted by Crippen LogP contribution is 2.42. The number of ether oxygens (including phenoxy) is 3. The topological polar surface area (TPSA) is 77.0 Å². The molecule has 0 spiro atoms. The van der Waals surface area contributed by atoms with E-state index in [-0.39, 0.29) is 18.6 Å². The van der Waals surface area contributed by atoms with Gasteiger partial charge in [-0.15, -0.1) is 0 Å². The van der Waals surface area contributed by atoms with Crippen LogP contribution < -0.4 is 5.32 Å². The highest BCUT2D eigenvalue weighted by atomic mass is 16.6. The van der Waals surface area contributed by atoms with Crippen molar-refractivity contribution in [3.8, 4) is 0 Å². The van der Waals surface area contributed by atoms with Crippen molar-refractivity contribution in [2.75, 3.05) is 0 Å². The van der Waals surface area contributed by atoms with E-state index in [0.29, 0.717) is 26.1 Å². The lowest BCUT2D eigenvalue weighted by atomic mass is 9.85. The van der Waals surface area contributed by atoms with E-state index >= 15 is 0 Å². The SMILES string of the molecule is O=C(OCc1ccccc1)[C@@H]1[C@@H](OCc2ccccc2)[C@H](OCc2ccccc2)[C@]2(O)CC[C@H]1N2. The Labute approximate surface area is 205 Å². The van der Waals surface area contributed by atoms with Gasteiger partial charge in [0.1, 0.15) is 30.5 Å². The van der Waals surface area contributed by atoms with Gasteiger partial charge in [-0.2, -0.15) is 0 Å². The number of carbonyl (C=O) groups is 1. The largest absolute Gasteiger partial charge is 0.460 e. The molecule has 35 heavy (non-hydrogen) atoms. The van der Waals surface area contributed by atoms with Crippen molar-refractivity contribution >= 4 is 5.97 Å². The minimum Gasteiger partial charge on any atom is -0.460 e. The van der Waals surface area contributed by atoms with Crippen LogP contribution in [0.4, 0.5) is 0 Å². The van der Waals surface area contributed by atoms with Crippen LogP contribution in [0, 0.1) is 5.92 Å². The average Bonchev–Trinajstić information content (AvgIpc) is 3.25. The Hall–Kier alpha value is -3.03. The smallest absolute Gasteiger partial charge is 0.313 e. The van der Waals surface area contributed by atoms with Crippen molar-refractivity contribution in [2.45, 2.75) is 56.6 Å². The molecule has 0 radical (unpaired) electrons. The standard InChI is InChI=1S/C29H31NO5/c31-28(35-20-23-14-8-3-9-15-23)25-24-16-17-29(32,30-24)27(34-19-22-12-6-2-7-13-22)26(25)33-18-21-10-4-1-5-11-21/h1-15,24-27,30,32H,16-20H2/t24-,25+,26-,27+,29-/m1/s1. The van der Waals surface area contributed by atoms with E-state index < -0.39 is 23.9 Å². The fourth-order valence-corrected chi connectivity index (χ4v) is 5.10. The van der Waals surface area contributed by atoms with Crippen LogP contribution in [0.2, 0.25) is 0 Å². The van der Waals surface area contributed by atoms with E-state index in [9.17, 15) is 9.90 Å². The quantitative estimate of drug-likeness (QED) is 0.458. The Morgan fingerprint density at radius 1 is 0.800 bits per heavy atom. The van der Waals surface area contributed by atoms with Gasteiger partial charge >= 0.3 is 5.97 Å². The highest BCUT2D eigenvalue weighted by molar-refractivity contribution is 5.75. The summed E-state index contributed by atoms with van der Waals surface area (Å²) in [5.74, 6) is -0.951. The first-order chi connectivity index (χ1) is 17.1. The van der Waals surface area contributed by atoms with E-state index in [4.69, 9.17) is 14.2 Å². The molecule has 182 valence electrons. The molecule has 0 amide bonds. The molecular weight excluding hydrogens is 442 g/mol. The van der Waals surface area contributed by atoms with Gasteiger partial charge < -0.3 is 19.3 Å². The molecule has 6 heteroatoms. The first kappa shape index (κ1) is 23.7. The molecule has 0 unspecified atom stereocenters. The van der Waals surface area contributed by atoms with Crippen LogP contribution in [0.1, 0.15) is 29.5 Å². The minimum atomic E-state index is -1.27. The van der Waals surface area contributed by atoms with Crippen LogP contribution in [-0.2, 0) is 38.8 Å². The fraction of sp³-hybridized carbons (Fsp3) is 0.345. The number of fused-ring (bicyclic) bond motifs is 2. The zero-order chi connectivity index (χ0) is 24.1. The molecule has 6 nitrogen and oxygen atoms in total. The van der Waals surface area contributed by atoms with E-state index in [0.717, 1.165) is 16.7 Å². The minimum absolute atomic E-state index is 0.189. The molecule has 0 saturated carbocycles. The van der Waals surface area contributed by atoms with Crippen molar-refractivity contribution in [1.29, 1.82) is 0 Å². The van der Waals surface area contributed by atoms with Crippen molar-refractivity contribution in [1.82, 2.24) is 5.32 Å². The van der Waals surface area contributed by atoms with E-state index in [2.05, 4.69) is 5.32 Å². The molecule has 2 aliphatic heterocycles. The lowest BCUT2D eigenvalue weighted by Gasteiger charge is -2.45. The second-order valence-electron chi connectivity index (χ2n) is 9.31. The van der Waals surface area contributed by atoms with Crippen LogP contribution in [0.3, 0.4) is 0 Å². The highest BCUT2D eigenvalue weighted by Gasteiger charge is 2.60. The number of aliphatic hydroxyl groups is 1. The van der Waals surface area contributed by atoms with Crippen molar-refractivity contribution in [2.24, 2.45) is 5.92 Å². The van der Waals surface area contributed by atoms with Gasteiger partial charge in [0, 0.05) is 6.04 Å². The number of hydrogen-bond acceptors (Lipinski definition) is 6. The molecule has 3 aromatic rings. The van der Waals surface area contributed by atoms with Gasteiger partial charge in [-0.1, -0.05) is 91.0 Å². The van der Waals surface area contributed by atoms with Crippen molar-refractivity contribution in [3.05, 3.63) is 108 Å². The summed E-state index contributed by atoms with van der Waals surface area (Å²) in [5.41, 5.74) is 1.63. The summed E-state index contributed by atoms with van der Waals surface area (Å²) in [6.45, 7) is 0.799. The summed E-state index contributed by atoms with van der Waals surface area (Å²) in [7, 11) is 0. The third-order valence-corrected chi connectivity index (χ3v) is 6.88. The average molecular weight is 474 g/mol. The third kappa shape index (κ3) is 5.46. The van der Waals surface area contributed by atoms with Crippen molar-refractivity contribution < 1.29 is 24.1 Å². The first-order valence-corrected chi connectivity index (χ1v) is 12.1. The van der Waals surface area contributed by atoms with E-state index in [1.807, 2.05) is 91.0 Å². The summed E-state index contributed by atoms with van der Waals surface area (Å²) in [5, 5.41) is 14.7. The van der Waals surface area contributed by atoms with Gasteiger partial charge in [0.2, 0.25) is 0 Å². The number of nitrogens with one attached hydrogen (secondary N) is 1. The zero-order valence-corrected chi connectivity index (χ0v) is 19.6. The lowest BCUT2D eigenvalue weighted by molar-refractivity contribution is -0.221. The molecule has 0 aromatic heterocycles. The van der Waals surface area contributed by atoms with Crippen LogP contribution in [0.5, 0.6) is 0 Å². The Morgan fingerprint density at radius 2 is 1.31 bits per heavy atom. The number of rotatable bonds is 9. The van der Waals surface area contributed by atoms with Crippen LogP contribution >= 0.6 is 0 Å². The summed E-state index contributed by atoms with van der Waals surface area (Å²) in [6, 6.07) is 29.0. The second-order valence-corrected chi connectivity index (χ2v) is 9.31. The maximum Gasteiger partial charge on any atom is 0.313 e. The Kier molecular flexibility index (Phi) is 7.25. The number of piperidine rings is 1. The summed E-state index contributed by atoms with van der Waals surface area (Å²) in [4.78, 5) is 13.4. The molecular formula is C29H31NO5. The summed E-state index contributed by atoms with van der Waals surface area (Å²) in [6.07, 6.45) is -0.289. The maximum atomic E-state index is 13.4. The normalized spacial score (nSPS) is 27.5. The lowest BCUT2D eigenvalue weighted by Crippen LogP contribution is -2.68. The molecule has 2 saturated heterocycles. The molecule has 2 aliphatic rings. The number of esters is 1. The van der Waals surface area contributed by atoms with Gasteiger partial charge in [-0.3, -0.25) is 10.1 Å². The van der Waals surface area contributed by atoms with Gasteiger partial charge in [0.05, 0.1) is 13.2 Å². The van der Waals surface area contributed by atoms with Gasteiger partial charge in [-0.05, 0) is 29.5 Å². The maximum absolute atomic E-state index is 13.4. The van der Waals surface area contributed by atoms with Crippen LogP contribution in [0.25, 0.3) is 0 Å². The van der Waals surface area contributed by atoms with Crippen LogP contribution in [0.15, 0.2) is 91.0 Å². The first-order valence-electron chi connectivity index (χ1n) is 12.1. The molecule has 2 fully saturated rings. The number of carbonyl (C=O) groups excluding carboxylic acids is 1. The molecule has 5 atom stereocenters. The Balaban J connectivity index is 1.38. The molecule has 0 aliphatic carbocycles. The van der Waals surface area contributed by atoms with Crippen LogP contribution in [-0.4, -0.2) is 35.1 Å². The van der Waals surface area contributed by atoms with Gasteiger partial charge in [0.25, 0.3) is 0 Å². The zero-order valence-electron chi connectivity index (χ0n) is 19.6. The second kappa shape index (κ2) is 10.7. The van der Waals surface area contributed by atoms with E-state index in [1.165, 1.54) is 0 Å². The molecule has 5 rings (SSSR count). The molecule has 2 bridgehead atoms. The Morgan fingerprint density at radius 3 is 1.89 bits per heavy atom. The number of benzene rings is 3. The monoisotopic (exact) mass is 473 g/mol. The fourth-order valence-electron chi connectivity index (χ4n) is 5.10. The Bertz CT molecular complexity index is 1090. The number of hydrogen-bond donors (Lipinski definition) is 2. The molecule has 2 N–H and O–H groups in total. The third-order valence-electron chi connectivity index (χ3n) is 6.88. The molecule has 3 aromatic carbocycles. The van der Waals surface area contributed by atoms with E-state index in [1.54, 1.807) is 0 Å². The summed E-state index contributed by atoms with van der Waals surface area (Å²) >= 11 is 0.